The highest BCUT2D eigenvalue weighted by Gasteiger charge is 2.20. The molecule has 0 aromatic rings. The Balaban J connectivity index is 3.60. The molecule has 0 aliphatic heterocycles. The van der Waals surface area contributed by atoms with Crippen molar-refractivity contribution in [3.63, 3.8) is 0 Å². The van der Waals surface area contributed by atoms with E-state index in [4.69, 9.17) is 10.8 Å². The van der Waals surface area contributed by atoms with E-state index in [1.54, 1.807) is 0 Å². The van der Waals surface area contributed by atoms with E-state index < -0.39 is 5.54 Å². The van der Waals surface area contributed by atoms with Crippen LogP contribution in [-0.4, -0.2) is 28.3 Å². The molecule has 3 heteroatoms. The van der Waals surface area contributed by atoms with E-state index >= 15 is 0 Å². The van der Waals surface area contributed by atoms with Crippen molar-refractivity contribution >= 4 is 11.8 Å². The highest BCUT2D eigenvalue weighted by molar-refractivity contribution is 7.99. The highest BCUT2D eigenvalue weighted by atomic mass is 32.2. The lowest BCUT2D eigenvalue weighted by atomic mass is 9.99. The second-order valence-electron chi connectivity index (χ2n) is 3.70. The van der Waals surface area contributed by atoms with E-state index in [1.807, 2.05) is 18.7 Å². The molecule has 0 saturated heterocycles. The Kier molecular flexibility index (Phi) is 5.97. The van der Waals surface area contributed by atoms with Crippen molar-refractivity contribution in [2.24, 2.45) is 5.73 Å². The molecule has 0 aromatic carbocycles. The molecule has 12 heavy (non-hydrogen) atoms. The molecule has 2 unspecified atom stereocenters. The highest BCUT2D eigenvalue weighted by Crippen LogP contribution is 2.20. The SMILES string of the molecule is CCCSC(C)CC(C)(N)CO. The van der Waals surface area contributed by atoms with Gasteiger partial charge in [0.15, 0.2) is 0 Å². The molecule has 0 fully saturated rings. The Morgan fingerprint density at radius 3 is 2.58 bits per heavy atom. The summed E-state index contributed by atoms with van der Waals surface area (Å²) in [4.78, 5) is 0. The minimum Gasteiger partial charge on any atom is -0.394 e. The topological polar surface area (TPSA) is 46.2 Å². The molecule has 74 valence electrons. The number of thioether (sulfide) groups is 1. The van der Waals surface area contributed by atoms with Crippen molar-refractivity contribution in [1.82, 2.24) is 0 Å². The summed E-state index contributed by atoms with van der Waals surface area (Å²) in [6.45, 7) is 6.31. The summed E-state index contributed by atoms with van der Waals surface area (Å²) >= 11 is 1.93. The number of hydrogen-bond donors (Lipinski definition) is 2. The summed E-state index contributed by atoms with van der Waals surface area (Å²) in [6.07, 6.45) is 2.09. The second-order valence-corrected chi connectivity index (χ2v) is 5.24. The lowest BCUT2D eigenvalue weighted by Crippen LogP contribution is -2.42. The van der Waals surface area contributed by atoms with Gasteiger partial charge >= 0.3 is 0 Å². The van der Waals surface area contributed by atoms with E-state index in [-0.39, 0.29) is 6.61 Å². The van der Waals surface area contributed by atoms with Crippen LogP contribution in [0.1, 0.15) is 33.6 Å². The predicted molar refractivity (Wildman–Crippen MR) is 56.5 cm³/mol. The van der Waals surface area contributed by atoms with Gasteiger partial charge in [-0.05, 0) is 25.5 Å². The van der Waals surface area contributed by atoms with Crippen molar-refractivity contribution in [1.29, 1.82) is 0 Å². The van der Waals surface area contributed by atoms with Crippen molar-refractivity contribution in [3.8, 4) is 0 Å². The summed E-state index contributed by atoms with van der Waals surface area (Å²) < 4.78 is 0. The van der Waals surface area contributed by atoms with Gasteiger partial charge in [0, 0.05) is 10.8 Å². The Morgan fingerprint density at radius 1 is 1.58 bits per heavy atom. The van der Waals surface area contributed by atoms with Crippen LogP contribution in [0.4, 0.5) is 0 Å². The van der Waals surface area contributed by atoms with Gasteiger partial charge in [0.2, 0.25) is 0 Å². The minimum absolute atomic E-state index is 0.0734. The first kappa shape index (κ1) is 12.3. The zero-order chi connectivity index (χ0) is 9.61. The molecule has 2 nitrogen and oxygen atoms in total. The average Bonchev–Trinajstić information content (AvgIpc) is 2.00. The van der Waals surface area contributed by atoms with Crippen LogP contribution in [0.15, 0.2) is 0 Å². The fraction of sp³-hybridized carbons (Fsp3) is 1.00. The van der Waals surface area contributed by atoms with Gasteiger partial charge in [-0.25, -0.2) is 0 Å². The largest absolute Gasteiger partial charge is 0.394 e. The van der Waals surface area contributed by atoms with Crippen LogP contribution in [0.2, 0.25) is 0 Å². The Hall–Kier alpha value is 0.270. The van der Waals surface area contributed by atoms with E-state index in [9.17, 15) is 0 Å². The Bertz CT molecular complexity index is 117. The molecular formula is C9H21NOS. The molecule has 0 rings (SSSR count). The number of nitrogens with two attached hydrogens (primary N) is 1. The summed E-state index contributed by atoms with van der Waals surface area (Å²) in [5.74, 6) is 1.18. The number of aliphatic hydroxyl groups is 1. The first-order valence-electron chi connectivity index (χ1n) is 4.53. The average molecular weight is 191 g/mol. The lowest BCUT2D eigenvalue weighted by molar-refractivity contribution is 0.201. The normalized spacial score (nSPS) is 18.8. The maximum absolute atomic E-state index is 8.93. The van der Waals surface area contributed by atoms with Crippen molar-refractivity contribution in [2.75, 3.05) is 12.4 Å². The fourth-order valence-corrected chi connectivity index (χ4v) is 2.24. The van der Waals surface area contributed by atoms with Gasteiger partial charge < -0.3 is 10.8 Å². The quantitative estimate of drug-likeness (QED) is 0.670. The van der Waals surface area contributed by atoms with Gasteiger partial charge in [0.1, 0.15) is 0 Å². The van der Waals surface area contributed by atoms with Crippen LogP contribution in [0.5, 0.6) is 0 Å². The second kappa shape index (κ2) is 5.84. The van der Waals surface area contributed by atoms with Gasteiger partial charge in [-0.1, -0.05) is 13.8 Å². The zero-order valence-corrected chi connectivity index (χ0v) is 9.16. The fourth-order valence-electron chi connectivity index (χ4n) is 1.10. The standard InChI is InChI=1S/C9H21NOS/c1-4-5-12-8(2)6-9(3,10)7-11/h8,11H,4-7,10H2,1-3H3. The molecule has 0 radical (unpaired) electrons. The number of aliphatic hydroxyl groups excluding tert-OH is 1. The number of hydrogen-bond acceptors (Lipinski definition) is 3. The predicted octanol–water partition coefficient (Wildman–Crippen LogP) is 1.62. The van der Waals surface area contributed by atoms with Crippen LogP contribution < -0.4 is 5.73 Å². The van der Waals surface area contributed by atoms with Crippen LogP contribution in [0, 0.1) is 0 Å². The van der Waals surface area contributed by atoms with Gasteiger partial charge in [0.25, 0.3) is 0 Å². The molecule has 0 spiro atoms. The van der Waals surface area contributed by atoms with Crippen LogP contribution in [0.3, 0.4) is 0 Å². The first-order chi connectivity index (χ1) is 5.52. The summed E-state index contributed by atoms with van der Waals surface area (Å²) in [7, 11) is 0. The molecular weight excluding hydrogens is 170 g/mol. The molecule has 0 aliphatic rings. The van der Waals surface area contributed by atoms with E-state index in [1.165, 1.54) is 12.2 Å². The zero-order valence-electron chi connectivity index (χ0n) is 8.34. The van der Waals surface area contributed by atoms with Crippen molar-refractivity contribution in [3.05, 3.63) is 0 Å². The molecule has 0 heterocycles. The third kappa shape index (κ3) is 5.86. The summed E-state index contributed by atoms with van der Waals surface area (Å²) in [6, 6.07) is 0. The third-order valence-electron chi connectivity index (χ3n) is 1.72. The third-order valence-corrected chi connectivity index (χ3v) is 3.10. The van der Waals surface area contributed by atoms with E-state index in [0.717, 1.165) is 6.42 Å². The van der Waals surface area contributed by atoms with E-state index in [2.05, 4.69) is 13.8 Å². The van der Waals surface area contributed by atoms with Crippen molar-refractivity contribution in [2.45, 2.75) is 44.4 Å². The van der Waals surface area contributed by atoms with Crippen LogP contribution >= 0.6 is 11.8 Å². The van der Waals surface area contributed by atoms with Gasteiger partial charge in [-0.15, -0.1) is 0 Å². The van der Waals surface area contributed by atoms with Crippen LogP contribution in [0.25, 0.3) is 0 Å². The summed E-state index contributed by atoms with van der Waals surface area (Å²) in [5, 5.41) is 9.48. The summed E-state index contributed by atoms with van der Waals surface area (Å²) in [5.41, 5.74) is 5.42. The number of rotatable bonds is 6. The molecule has 2 atom stereocenters. The molecule has 0 amide bonds. The molecule has 0 saturated carbocycles. The Morgan fingerprint density at radius 2 is 2.17 bits per heavy atom. The van der Waals surface area contributed by atoms with Gasteiger partial charge in [-0.3, -0.25) is 0 Å². The van der Waals surface area contributed by atoms with Crippen LogP contribution in [-0.2, 0) is 0 Å². The maximum Gasteiger partial charge on any atom is 0.0608 e. The van der Waals surface area contributed by atoms with E-state index in [0.29, 0.717) is 5.25 Å². The minimum atomic E-state index is -0.403. The molecule has 0 aromatic heterocycles. The smallest absolute Gasteiger partial charge is 0.0608 e. The van der Waals surface area contributed by atoms with Crippen molar-refractivity contribution < 1.29 is 5.11 Å². The lowest BCUT2D eigenvalue weighted by Gasteiger charge is -2.25. The molecule has 3 N–H and O–H groups in total. The monoisotopic (exact) mass is 191 g/mol. The first-order valence-corrected chi connectivity index (χ1v) is 5.58. The molecule has 0 aliphatic carbocycles. The van der Waals surface area contributed by atoms with Gasteiger partial charge in [0.05, 0.1) is 6.61 Å². The Labute approximate surface area is 79.9 Å². The van der Waals surface area contributed by atoms with Gasteiger partial charge in [-0.2, -0.15) is 11.8 Å². The maximum atomic E-state index is 8.93. The molecule has 0 bridgehead atoms.